The first kappa shape index (κ1) is 7.25. The molecule has 0 aliphatic rings. The maximum absolute atomic E-state index is 3.47. The van der Waals surface area contributed by atoms with Crippen LogP contribution < -0.4 is 0 Å². The zero-order valence-electron chi connectivity index (χ0n) is 4.29. The van der Waals surface area contributed by atoms with E-state index in [0.29, 0.717) is 0 Å². The van der Waals surface area contributed by atoms with E-state index in [4.69, 9.17) is 0 Å². The lowest BCUT2D eigenvalue weighted by molar-refractivity contribution is 1.10. The lowest BCUT2D eigenvalue weighted by Crippen LogP contribution is -1.83. The van der Waals surface area contributed by atoms with Crippen LogP contribution in [0.2, 0.25) is 4.55 Å². The van der Waals surface area contributed by atoms with Crippen molar-refractivity contribution in [2.24, 2.45) is 0 Å². The van der Waals surface area contributed by atoms with Crippen LogP contribution in [0.1, 0.15) is 13.8 Å². The quantitative estimate of drug-likeness (QED) is 0.542. The van der Waals surface area contributed by atoms with Crippen LogP contribution in [-0.4, -0.2) is 18.2 Å². The van der Waals surface area contributed by atoms with E-state index >= 15 is 0 Å². The molecule has 6 heavy (non-hydrogen) atoms. The van der Waals surface area contributed by atoms with Crippen molar-refractivity contribution in [3.63, 3.8) is 0 Å². The summed E-state index contributed by atoms with van der Waals surface area (Å²) in [7, 11) is 0. The van der Waals surface area contributed by atoms with Gasteiger partial charge in [0.25, 0.3) is 0 Å². The molecule has 2 heteroatoms. The summed E-state index contributed by atoms with van der Waals surface area (Å²) in [4.78, 5) is 0. The molecule has 1 radical (unpaired) electrons. The molecule has 0 spiro atoms. The molecule has 0 saturated carbocycles. The Morgan fingerprint density at radius 2 is 2.17 bits per heavy atom. The summed E-state index contributed by atoms with van der Waals surface area (Å²) in [5.74, 6) is 1.55. The van der Waals surface area contributed by atoms with Crippen LogP contribution in [0.5, 0.6) is 0 Å². The van der Waals surface area contributed by atoms with E-state index < -0.39 is 0 Å². The highest BCUT2D eigenvalue weighted by atomic mass is 79.9. The highest BCUT2D eigenvalue weighted by molar-refractivity contribution is 9.23. The maximum Gasteiger partial charge on any atom is 0.469 e. The monoisotopic (exact) mass is 159 g/mol. The van der Waals surface area contributed by atoms with Gasteiger partial charge in [0.1, 0.15) is 0 Å². The summed E-state index contributed by atoms with van der Waals surface area (Å²) in [5, 5.41) is 0. The summed E-state index contributed by atoms with van der Waals surface area (Å²) < 4.78 is 1.35. The largest absolute Gasteiger partial charge is 0.469 e. The topological polar surface area (TPSA) is 0 Å². The predicted octanol–water partition coefficient (Wildman–Crippen LogP) is 2.03. The fraction of sp³-hybridized carbons (Fsp3) is 0.750. The van der Waals surface area contributed by atoms with Gasteiger partial charge in [-0.25, -0.2) is 0 Å². The fourth-order valence-electron chi connectivity index (χ4n) is 0.189. The normalized spacial score (nSPS) is 8.67. The number of hydrogen-bond acceptors (Lipinski definition) is 0. The third-order valence-electron chi connectivity index (χ3n) is 0.594. The first-order chi connectivity index (χ1) is 2.77. The van der Waals surface area contributed by atoms with Crippen molar-refractivity contribution < 1.29 is 0 Å². The molecule has 0 unspecified atom stereocenters. The fourth-order valence-corrected chi connectivity index (χ4v) is 2.95. The summed E-state index contributed by atoms with van der Waals surface area (Å²) in [6, 6.07) is 0. The number of halogens is 1. The molecule has 0 N–H and O–H groups in total. The van der Waals surface area contributed by atoms with Gasteiger partial charge in [-0.1, -0.05) is 19.8 Å². The molecular weight excluding hydrogens is 152 g/mol. The third kappa shape index (κ3) is 5.25. The smallest absolute Gasteiger partial charge is 0.307 e. The van der Waals surface area contributed by atoms with Crippen LogP contribution >= 0.6 is 12.9 Å². The Labute approximate surface area is 55.3 Å². The van der Waals surface area contributed by atoms with Crippen molar-refractivity contribution in [1.29, 1.82) is 0 Å². The second-order valence-electron chi connectivity index (χ2n) is 1.65. The Bertz CT molecular complexity index is 28.7. The van der Waals surface area contributed by atoms with E-state index in [2.05, 4.69) is 26.7 Å². The SMILES string of the molecule is C[C](C)[CH2][Mg][Br]. The van der Waals surface area contributed by atoms with Gasteiger partial charge in [0.05, 0.1) is 0 Å². The maximum atomic E-state index is 3.47. The molecule has 33 valence electrons. The Kier molecular flexibility index (Phi) is 5.32. The van der Waals surface area contributed by atoms with Crippen LogP contribution in [0, 0.1) is 5.92 Å². The van der Waals surface area contributed by atoms with Gasteiger partial charge >= 0.3 is 18.2 Å². The molecule has 0 aliphatic carbocycles. The van der Waals surface area contributed by atoms with Gasteiger partial charge in [0.15, 0.2) is 0 Å². The molecule has 0 fully saturated rings. The molecule has 0 atom stereocenters. The first-order valence-electron chi connectivity index (χ1n) is 2.12. The molecule has 0 amide bonds. The molecular formula is C4H8BrMg. The summed E-state index contributed by atoms with van der Waals surface area (Å²) in [5.41, 5.74) is 0. The molecule has 0 saturated heterocycles. The Balaban J connectivity index is 2.63. The predicted molar refractivity (Wildman–Crippen MR) is 34.1 cm³/mol. The van der Waals surface area contributed by atoms with Crippen LogP contribution in [0.4, 0.5) is 0 Å². The minimum absolute atomic E-state index is 0.142. The van der Waals surface area contributed by atoms with Crippen LogP contribution in [-0.2, 0) is 0 Å². The van der Waals surface area contributed by atoms with Crippen LogP contribution in [0.15, 0.2) is 0 Å². The molecule has 0 aliphatic heterocycles. The van der Waals surface area contributed by atoms with Crippen molar-refractivity contribution in [3.8, 4) is 0 Å². The molecule has 0 aromatic heterocycles. The minimum Gasteiger partial charge on any atom is -0.307 e. The molecule has 0 aromatic rings. The van der Waals surface area contributed by atoms with Crippen LogP contribution in [0.3, 0.4) is 0 Å². The average Bonchev–Trinajstić information content (AvgIpc) is 1.35. The van der Waals surface area contributed by atoms with Crippen molar-refractivity contribution in [2.45, 2.75) is 18.4 Å². The summed E-state index contributed by atoms with van der Waals surface area (Å²) in [6.45, 7) is 4.35. The molecule has 0 nitrogen and oxygen atoms in total. The zero-order valence-corrected chi connectivity index (χ0v) is 7.29. The van der Waals surface area contributed by atoms with E-state index in [1.807, 2.05) is 0 Å². The van der Waals surface area contributed by atoms with Gasteiger partial charge in [-0.15, -0.1) is 4.55 Å². The van der Waals surface area contributed by atoms with Gasteiger partial charge in [-0.3, -0.25) is 0 Å². The van der Waals surface area contributed by atoms with Gasteiger partial charge in [0.2, 0.25) is 0 Å². The van der Waals surface area contributed by atoms with Crippen molar-refractivity contribution in [3.05, 3.63) is 5.92 Å². The van der Waals surface area contributed by atoms with Crippen molar-refractivity contribution in [1.82, 2.24) is 0 Å². The van der Waals surface area contributed by atoms with E-state index in [-0.39, 0.29) is 18.2 Å². The molecule has 0 bridgehead atoms. The summed E-state index contributed by atoms with van der Waals surface area (Å²) in [6.07, 6.45) is 0. The Morgan fingerprint density at radius 1 is 1.67 bits per heavy atom. The van der Waals surface area contributed by atoms with Crippen LogP contribution in [0.25, 0.3) is 0 Å². The van der Waals surface area contributed by atoms with E-state index in [1.165, 1.54) is 4.55 Å². The zero-order chi connectivity index (χ0) is 4.99. The Hall–Kier alpha value is 1.25. The van der Waals surface area contributed by atoms with Crippen molar-refractivity contribution >= 4 is 31.1 Å². The third-order valence-corrected chi connectivity index (χ3v) is 2.97. The second-order valence-corrected chi connectivity index (χ2v) is 4.90. The Morgan fingerprint density at radius 3 is 2.17 bits per heavy atom. The van der Waals surface area contributed by atoms with E-state index in [1.54, 1.807) is 5.92 Å². The lowest BCUT2D eigenvalue weighted by atomic mass is 10.3. The van der Waals surface area contributed by atoms with Gasteiger partial charge in [0, 0.05) is 0 Å². The molecule has 0 heterocycles. The number of hydrogen-bond donors (Lipinski definition) is 0. The first-order valence-corrected chi connectivity index (χ1v) is 7.02. The number of rotatable bonds is 2. The standard InChI is InChI=1S/C4H8.BrH.Mg/c1-4(2)3;;/h1H2,2-3H3;1H;/q;;+1/p-1. The van der Waals surface area contributed by atoms with Gasteiger partial charge in [-0.2, -0.15) is 0 Å². The summed E-state index contributed by atoms with van der Waals surface area (Å²) >= 11 is 3.61. The highest BCUT2D eigenvalue weighted by Gasteiger charge is 1.92. The van der Waals surface area contributed by atoms with E-state index in [0.717, 1.165) is 0 Å². The molecule has 0 aromatic carbocycles. The highest BCUT2D eigenvalue weighted by Crippen LogP contribution is 2.02. The second kappa shape index (κ2) is 4.41. The van der Waals surface area contributed by atoms with Gasteiger partial charge in [-0.05, 0) is 0 Å². The lowest BCUT2D eigenvalue weighted by Gasteiger charge is -1.93. The minimum atomic E-state index is 0.142. The molecule has 0 rings (SSSR count). The average molecular weight is 160 g/mol. The van der Waals surface area contributed by atoms with Crippen molar-refractivity contribution in [2.75, 3.05) is 0 Å². The van der Waals surface area contributed by atoms with E-state index in [9.17, 15) is 0 Å². The van der Waals surface area contributed by atoms with Gasteiger partial charge < -0.3 is 12.9 Å².